The van der Waals surface area contributed by atoms with E-state index in [0.29, 0.717) is 11.1 Å². The molecule has 0 saturated carbocycles. The van der Waals surface area contributed by atoms with Gasteiger partial charge < -0.3 is 15.5 Å². The molecule has 0 saturated heterocycles. The molecule has 0 aliphatic rings. The van der Waals surface area contributed by atoms with Crippen LogP contribution >= 0.6 is 0 Å². The summed E-state index contributed by atoms with van der Waals surface area (Å²) < 4.78 is 28.4. The standard InChI is InChI=1S/C25H19F2N3O4/c26-18-5-3-4-17(12-18)15-8-10-16(11-9-15)20(14-24(32)33)28-25(34)21-13-23(31)30(29-21)22-7-2-1-6-19(22)27/h1-13,20,31H,14H2,(H,28,34)(H,32,33). The van der Waals surface area contributed by atoms with Crippen LogP contribution in [0.25, 0.3) is 16.8 Å². The number of nitrogens with one attached hydrogen (secondary N) is 1. The molecule has 3 aromatic carbocycles. The number of hydrogen-bond donors (Lipinski definition) is 3. The van der Waals surface area contributed by atoms with Crippen molar-refractivity contribution in [3.63, 3.8) is 0 Å². The van der Waals surface area contributed by atoms with E-state index in [2.05, 4.69) is 10.4 Å². The second-order valence-corrected chi connectivity index (χ2v) is 7.51. The predicted molar refractivity (Wildman–Crippen MR) is 119 cm³/mol. The van der Waals surface area contributed by atoms with Gasteiger partial charge in [0.2, 0.25) is 5.88 Å². The molecule has 9 heteroatoms. The van der Waals surface area contributed by atoms with Crippen LogP contribution in [0.4, 0.5) is 8.78 Å². The van der Waals surface area contributed by atoms with Crippen molar-refractivity contribution < 1.29 is 28.6 Å². The predicted octanol–water partition coefficient (Wildman–Crippen LogP) is 4.47. The number of hydrogen-bond acceptors (Lipinski definition) is 4. The van der Waals surface area contributed by atoms with Gasteiger partial charge in [0.25, 0.3) is 5.91 Å². The van der Waals surface area contributed by atoms with E-state index in [4.69, 9.17) is 0 Å². The van der Waals surface area contributed by atoms with Gasteiger partial charge in [-0.15, -0.1) is 0 Å². The Balaban J connectivity index is 1.57. The molecule has 0 fully saturated rings. The summed E-state index contributed by atoms with van der Waals surface area (Å²) >= 11 is 0. The molecule has 0 aliphatic heterocycles. The van der Waals surface area contributed by atoms with Crippen molar-refractivity contribution in [2.75, 3.05) is 0 Å². The first-order valence-electron chi connectivity index (χ1n) is 10.2. The molecule has 7 nitrogen and oxygen atoms in total. The van der Waals surface area contributed by atoms with Gasteiger partial charge in [-0.25, -0.2) is 8.78 Å². The molecular weight excluding hydrogens is 444 g/mol. The first-order chi connectivity index (χ1) is 16.3. The third-order valence-electron chi connectivity index (χ3n) is 5.16. The Morgan fingerprint density at radius 1 is 0.941 bits per heavy atom. The van der Waals surface area contributed by atoms with Crippen LogP contribution in [0.3, 0.4) is 0 Å². The van der Waals surface area contributed by atoms with Crippen LogP contribution in [0.1, 0.15) is 28.5 Å². The third-order valence-corrected chi connectivity index (χ3v) is 5.16. The van der Waals surface area contributed by atoms with Crippen molar-refractivity contribution in [1.82, 2.24) is 15.1 Å². The van der Waals surface area contributed by atoms with E-state index in [1.54, 1.807) is 42.5 Å². The average molecular weight is 463 g/mol. The average Bonchev–Trinajstić information content (AvgIpc) is 3.20. The van der Waals surface area contributed by atoms with Gasteiger partial charge >= 0.3 is 5.97 Å². The Morgan fingerprint density at radius 2 is 1.68 bits per heavy atom. The van der Waals surface area contributed by atoms with Crippen molar-refractivity contribution >= 4 is 11.9 Å². The van der Waals surface area contributed by atoms with Crippen molar-refractivity contribution in [2.45, 2.75) is 12.5 Å². The highest BCUT2D eigenvalue weighted by Crippen LogP contribution is 2.25. The largest absolute Gasteiger partial charge is 0.493 e. The Labute approximate surface area is 192 Å². The normalized spacial score (nSPS) is 11.7. The van der Waals surface area contributed by atoms with Crippen LogP contribution in [0.5, 0.6) is 5.88 Å². The van der Waals surface area contributed by atoms with E-state index in [0.717, 1.165) is 16.3 Å². The molecule has 1 unspecified atom stereocenters. The SMILES string of the molecule is O=C(O)CC(NC(=O)c1cc(O)n(-c2ccccc2F)n1)c1ccc(-c2cccc(F)c2)cc1. The van der Waals surface area contributed by atoms with Crippen molar-refractivity contribution in [1.29, 1.82) is 0 Å². The zero-order chi connectivity index (χ0) is 24.2. The van der Waals surface area contributed by atoms with Gasteiger partial charge in [-0.1, -0.05) is 48.5 Å². The fraction of sp³-hybridized carbons (Fsp3) is 0.0800. The Kier molecular flexibility index (Phi) is 6.35. The number of halogens is 2. The number of nitrogens with zero attached hydrogens (tertiary/aromatic N) is 2. The lowest BCUT2D eigenvalue weighted by Gasteiger charge is -2.17. The van der Waals surface area contributed by atoms with E-state index in [1.165, 1.54) is 30.3 Å². The van der Waals surface area contributed by atoms with Gasteiger partial charge in [0, 0.05) is 6.07 Å². The van der Waals surface area contributed by atoms with Gasteiger partial charge in [-0.3, -0.25) is 9.59 Å². The van der Waals surface area contributed by atoms with Crippen LogP contribution in [0.2, 0.25) is 0 Å². The number of carboxylic acid groups (broad SMARTS) is 1. The zero-order valence-electron chi connectivity index (χ0n) is 17.7. The zero-order valence-corrected chi connectivity index (χ0v) is 17.7. The molecule has 1 aromatic heterocycles. The van der Waals surface area contributed by atoms with E-state index in [9.17, 15) is 28.6 Å². The van der Waals surface area contributed by atoms with Crippen LogP contribution in [0, 0.1) is 11.6 Å². The van der Waals surface area contributed by atoms with Gasteiger partial charge in [-0.05, 0) is 41.0 Å². The molecule has 0 radical (unpaired) electrons. The van der Waals surface area contributed by atoms with Gasteiger partial charge in [0.1, 0.15) is 17.3 Å². The fourth-order valence-corrected chi connectivity index (χ4v) is 3.52. The number of amides is 1. The quantitative estimate of drug-likeness (QED) is 0.375. The van der Waals surface area contributed by atoms with E-state index < -0.39 is 36.0 Å². The van der Waals surface area contributed by atoms with Crippen molar-refractivity contribution in [2.24, 2.45) is 0 Å². The number of benzene rings is 3. The smallest absolute Gasteiger partial charge is 0.305 e. The maximum Gasteiger partial charge on any atom is 0.305 e. The van der Waals surface area contributed by atoms with Crippen LogP contribution in [0.15, 0.2) is 78.9 Å². The summed E-state index contributed by atoms with van der Waals surface area (Å²) in [6.45, 7) is 0. The summed E-state index contributed by atoms with van der Waals surface area (Å²) in [7, 11) is 0. The second-order valence-electron chi connectivity index (χ2n) is 7.51. The maximum absolute atomic E-state index is 14.1. The number of rotatable bonds is 7. The highest BCUT2D eigenvalue weighted by Gasteiger charge is 2.22. The lowest BCUT2D eigenvalue weighted by atomic mass is 9.99. The Hall–Kier alpha value is -4.53. The minimum absolute atomic E-state index is 0.0472. The van der Waals surface area contributed by atoms with E-state index in [-0.39, 0.29) is 17.2 Å². The molecule has 172 valence electrons. The maximum atomic E-state index is 14.1. The highest BCUT2D eigenvalue weighted by molar-refractivity contribution is 5.93. The number of aliphatic carboxylic acids is 1. The van der Waals surface area contributed by atoms with Crippen LogP contribution < -0.4 is 5.32 Å². The van der Waals surface area contributed by atoms with Crippen molar-refractivity contribution in [3.05, 3.63) is 102 Å². The molecule has 0 bridgehead atoms. The number of para-hydroxylation sites is 1. The van der Waals surface area contributed by atoms with Gasteiger partial charge in [-0.2, -0.15) is 9.78 Å². The molecular formula is C25H19F2N3O4. The molecule has 1 amide bonds. The number of aromatic hydroxyl groups is 1. The second kappa shape index (κ2) is 9.53. The topological polar surface area (TPSA) is 104 Å². The summed E-state index contributed by atoms with van der Waals surface area (Å²) in [6.07, 6.45) is -0.412. The first-order valence-corrected chi connectivity index (χ1v) is 10.2. The summed E-state index contributed by atoms with van der Waals surface area (Å²) in [5.41, 5.74) is 1.62. The van der Waals surface area contributed by atoms with E-state index in [1.807, 2.05) is 0 Å². The molecule has 3 N–H and O–H groups in total. The lowest BCUT2D eigenvalue weighted by Crippen LogP contribution is -2.30. The highest BCUT2D eigenvalue weighted by atomic mass is 19.1. The molecule has 1 atom stereocenters. The van der Waals surface area contributed by atoms with Crippen LogP contribution in [-0.2, 0) is 4.79 Å². The summed E-state index contributed by atoms with van der Waals surface area (Å²) in [5.74, 6) is -3.36. The Morgan fingerprint density at radius 3 is 2.35 bits per heavy atom. The Bertz CT molecular complexity index is 1350. The summed E-state index contributed by atoms with van der Waals surface area (Å²) in [4.78, 5) is 24.2. The molecule has 0 spiro atoms. The monoisotopic (exact) mass is 463 g/mol. The minimum Gasteiger partial charge on any atom is -0.493 e. The fourth-order valence-electron chi connectivity index (χ4n) is 3.52. The number of carbonyl (C=O) groups is 2. The molecule has 34 heavy (non-hydrogen) atoms. The number of aromatic nitrogens is 2. The minimum atomic E-state index is -1.14. The molecule has 0 aliphatic carbocycles. The summed E-state index contributed by atoms with van der Waals surface area (Å²) in [6, 6.07) is 18.5. The van der Waals surface area contributed by atoms with Gasteiger partial charge in [0.15, 0.2) is 5.69 Å². The van der Waals surface area contributed by atoms with Gasteiger partial charge in [0.05, 0.1) is 12.5 Å². The van der Waals surface area contributed by atoms with Crippen LogP contribution in [-0.4, -0.2) is 31.9 Å². The summed E-state index contributed by atoms with van der Waals surface area (Å²) in [5, 5.41) is 26.0. The number of carboxylic acids is 1. The van der Waals surface area contributed by atoms with Crippen molar-refractivity contribution in [3.8, 4) is 22.7 Å². The number of carbonyl (C=O) groups excluding carboxylic acids is 1. The third kappa shape index (κ3) is 4.93. The van der Waals surface area contributed by atoms with E-state index >= 15 is 0 Å². The molecule has 4 aromatic rings. The molecule has 1 heterocycles. The lowest BCUT2D eigenvalue weighted by molar-refractivity contribution is -0.137. The first kappa shape index (κ1) is 22.7. The molecule has 4 rings (SSSR count).